The standard InChI is InChI=1S/C14H20N4O3/c1-21-13(20)11(8-5-9-17-14(15)16)18-12(19)10-6-3-2-4-7-10/h2-4,6-7,11H,5,8-9H2,1H3,(H,18,19)(H4,15,16,17)/p+1/t11-/m0/s1. The first-order valence-corrected chi connectivity index (χ1v) is 6.60. The molecule has 6 N–H and O–H groups in total. The largest absolute Gasteiger partial charge is 0.467 e. The second kappa shape index (κ2) is 8.57. The van der Waals surface area contributed by atoms with Crippen LogP contribution in [0.25, 0.3) is 0 Å². The molecule has 0 radical (unpaired) electrons. The number of methoxy groups -OCH3 is 1. The Morgan fingerprint density at radius 3 is 2.52 bits per heavy atom. The van der Waals surface area contributed by atoms with Crippen LogP contribution < -0.4 is 21.8 Å². The molecule has 0 aliphatic heterocycles. The molecular weight excluding hydrogens is 272 g/mol. The van der Waals surface area contributed by atoms with E-state index in [1.165, 1.54) is 7.11 Å². The van der Waals surface area contributed by atoms with E-state index in [2.05, 4.69) is 10.3 Å². The monoisotopic (exact) mass is 293 g/mol. The molecule has 1 aromatic carbocycles. The maximum atomic E-state index is 12.0. The van der Waals surface area contributed by atoms with Crippen LogP contribution in [0.15, 0.2) is 30.3 Å². The van der Waals surface area contributed by atoms with E-state index in [0.29, 0.717) is 24.9 Å². The average Bonchev–Trinajstić information content (AvgIpc) is 2.50. The van der Waals surface area contributed by atoms with Crippen LogP contribution in [0.5, 0.6) is 0 Å². The van der Waals surface area contributed by atoms with Crippen LogP contribution in [0, 0.1) is 0 Å². The van der Waals surface area contributed by atoms with Gasteiger partial charge in [-0.25, -0.2) is 4.79 Å². The van der Waals surface area contributed by atoms with Gasteiger partial charge in [0.05, 0.1) is 13.7 Å². The Morgan fingerprint density at radius 2 is 1.95 bits per heavy atom. The van der Waals surface area contributed by atoms with E-state index in [1.807, 2.05) is 6.07 Å². The summed E-state index contributed by atoms with van der Waals surface area (Å²) in [5, 5.41) is 2.66. The van der Waals surface area contributed by atoms with Gasteiger partial charge in [-0.2, -0.15) is 0 Å². The quantitative estimate of drug-likeness (QED) is 0.202. The van der Waals surface area contributed by atoms with Gasteiger partial charge in [0.15, 0.2) is 0 Å². The van der Waals surface area contributed by atoms with Crippen molar-refractivity contribution in [1.82, 2.24) is 5.32 Å². The predicted molar refractivity (Wildman–Crippen MR) is 78.2 cm³/mol. The average molecular weight is 293 g/mol. The Morgan fingerprint density at radius 1 is 1.29 bits per heavy atom. The van der Waals surface area contributed by atoms with Crippen molar-refractivity contribution in [3.63, 3.8) is 0 Å². The summed E-state index contributed by atoms with van der Waals surface area (Å²) in [4.78, 5) is 26.5. The number of nitrogens with one attached hydrogen (secondary N) is 2. The Bertz CT molecular complexity index is 498. The number of guanidine groups is 1. The number of amides is 1. The fourth-order valence-corrected chi connectivity index (χ4v) is 1.76. The molecule has 0 saturated heterocycles. The molecule has 0 bridgehead atoms. The molecule has 0 aliphatic rings. The van der Waals surface area contributed by atoms with Crippen molar-refractivity contribution in [3.8, 4) is 0 Å². The van der Waals surface area contributed by atoms with E-state index in [9.17, 15) is 9.59 Å². The van der Waals surface area contributed by atoms with E-state index in [0.717, 1.165) is 0 Å². The van der Waals surface area contributed by atoms with Crippen molar-refractivity contribution >= 4 is 17.8 Å². The Kier molecular flexibility index (Phi) is 6.73. The second-order valence-corrected chi connectivity index (χ2v) is 4.44. The topological polar surface area (TPSA) is 121 Å². The zero-order valence-electron chi connectivity index (χ0n) is 12.0. The number of carbonyl (C=O) groups is 2. The van der Waals surface area contributed by atoms with E-state index >= 15 is 0 Å². The van der Waals surface area contributed by atoms with E-state index in [-0.39, 0.29) is 11.9 Å². The normalized spacial score (nSPS) is 11.3. The molecule has 21 heavy (non-hydrogen) atoms. The summed E-state index contributed by atoms with van der Waals surface area (Å²) in [5.41, 5.74) is 11.0. The molecule has 0 aromatic heterocycles. The molecule has 1 rings (SSSR count). The van der Waals surface area contributed by atoms with Crippen LogP contribution in [0.3, 0.4) is 0 Å². The van der Waals surface area contributed by atoms with Crippen molar-refractivity contribution < 1.29 is 19.3 Å². The minimum atomic E-state index is -0.705. The second-order valence-electron chi connectivity index (χ2n) is 4.44. The van der Waals surface area contributed by atoms with Gasteiger partial charge in [0.2, 0.25) is 0 Å². The highest BCUT2D eigenvalue weighted by Crippen LogP contribution is 2.03. The van der Waals surface area contributed by atoms with Gasteiger partial charge in [-0.15, -0.1) is 0 Å². The van der Waals surface area contributed by atoms with Crippen LogP contribution in [0.4, 0.5) is 0 Å². The predicted octanol–water partition coefficient (Wildman–Crippen LogP) is -1.91. The molecule has 0 fully saturated rings. The van der Waals surface area contributed by atoms with E-state index in [4.69, 9.17) is 16.2 Å². The fraction of sp³-hybridized carbons (Fsp3) is 0.357. The van der Waals surface area contributed by atoms with Crippen molar-refractivity contribution in [2.45, 2.75) is 18.9 Å². The zero-order chi connectivity index (χ0) is 15.7. The maximum Gasteiger partial charge on any atom is 0.338 e. The Hall–Kier alpha value is -2.57. The summed E-state index contributed by atoms with van der Waals surface area (Å²) in [5.74, 6) is -0.675. The van der Waals surface area contributed by atoms with Gasteiger partial charge in [-0.3, -0.25) is 21.3 Å². The summed E-state index contributed by atoms with van der Waals surface area (Å²) in [7, 11) is 1.29. The van der Waals surface area contributed by atoms with Crippen LogP contribution >= 0.6 is 0 Å². The highest BCUT2D eigenvalue weighted by molar-refractivity contribution is 5.96. The molecule has 7 nitrogen and oxygen atoms in total. The lowest BCUT2D eigenvalue weighted by molar-refractivity contribution is -0.459. The molecule has 114 valence electrons. The fourth-order valence-electron chi connectivity index (χ4n) is 1.76. The van der Waals surface area contributed by atoms with Crippen molar-refractivity contribution in [3.05, 3.63) is 35.9 Å². The smallest absolute Gasteiger partial charge is 0.338 e. The molecule has 0 unspecified atom stereocenters. The molecule has 1 atom stereocenters. The highest BCUT2D eigenvalue weighted by atomic mass is 16.5. The SMILES string of the molecule is COC(=O)[C@H](CCC[NH+]=C(N)N)NC(=O)c1ccccc1. The number of ether oxygens (including phenoxy) is 1. The van der Waals surface area contributed by atoms with Crippen molar-refractivity contribution in [2.24, 2.45) is 11.5 Å². The summed E-state index contributed by atoms with van der Waals surface area (Å²) < 4.78 is 4.70. The van der Waals surface area contributed by atoms with E-state index < -0.39 is 12.0 Å². The third kappa shape index (κ3) is 5.94. The van der Waals surface area contributed by atoms with Crippen molar-refractivity contribution in [2.75, 3.05) is 13.7 Å². The maximum absolute atomic E-state index is 12.0. The summed E-state index contributed by atoms with van der Waals surface area (Å²) in [6, 6.07) is 7.97. The van der Waals surface area contributed by atoms with Gasteiger partial charge in [0.25, 0.3) is 5.91 Å². The molecule has 0 heterocycles. The Balaban J connectivity index is 2.60. The number of nitrogens with two attached hydrogens (primary N) is 2. The summed E-state index contributed by atoms with van der Waals surface area (Å²) in [6.07, 6.45) is 1.03. The van der Waals surface area contributed by atoms with Crippen LogP contribution in [-0.4, -0.2) is 37.5 Å². The number of esters is 1. The lowest BCUT2D eigenvalue weighted by Gasteiger charge is -2.16. The van der Waals surface area contributed by atoms with Gasteiger partial charge in [0.1, 0.15) is 6.04 Å². The molecule has 7 heteroatoms. The molecular formula is C14H21N4O3+. The molecule has 0 spiro atoms. The van der Waals surface area contributed by atoms with Crippen LogP contribution in [-0.2, 0) is 9.53 Å². The van der Waals surface area contributed by atoms with E-state index in [1.54, 1.807) is 24.3 Å². The van der Waals surface area contributed by atoms with Gasteiger partial charge < -0.3 is 10.1 Å². The first-order chi connectivity index (χ1) is 10.0. The van der Waals surface area contributed by atoms with Gasteiger partial charge in [-0.05, 0) is 25.0 Å². The third-order valence-electron chi connectivity index (χ3n) is 2.83. The molecule has 0 aliphatic carbocycles. The highest BCUT2D eigenvalue weighted by Gasteiger charge is 2.21. The minimum Gasteiger partial charge on any atom is -0.467 e. The lowest BCUT2D eigenvalue weighted by atomic mass is 10.1. The third-order valence-corrected chi connectivity index (χ3v) is 2.83. The van der Waals surface area contributed by atoms with Crippen LogP contribution in [0.2, 0.25) is 0 Å². The van der Waals surface area contributed by atoms with Gasteiger partial charge in [-0.1, -0.05) is 18.2 Å². The lowest BCUT2D eigenvalue weighted by Crippen LogP contribution is -2.78. The first-order valence-electron chi connectivity index (χ1n) is 6.60. The molecule has 1 amide bonds. The number of hydrogen-bond acceptors (Lipinski definition) is 3. The molecule has 0 saturated carbocycles. The van der Waals surface area contributed by atoms with Crippen molar-refractivity contribution in [1.29, 1.82) is 0 Å². The summed E-state index contributed by atoms with van der Waals surface area (Å²) >= 11 is 0. The Labute approximate surface area is 123 Å². The van der Waals surface area contributed by atoms with Crippen LogP contribution in [0.1, 0.15) is 23.2 Å². The zero-order valence-corrected chi connectivity index (χ0v) is 12.0. The number of hydrogen-bond donors (Lipinski definition) is 4. The first kappa shape index (κ1) is 16.5. The number of carbonyl (C=O) groups excluding carboxylic acids is 2. The number of benzene rings is 1. The van der Waals surface area contributed by atoms with Gasteiger partial charge >= 0.3 is 11.9 Å². The summed E-state index contributed by atoms with van der Waals surface area (Å²) in [6.45, 7) is 0.511. The number of rotatable bonds is 7. The van der Waals surface area contributed by atoms with Gasteiger partial charge in [0, 0.05) is 5.56 Å². The minimum absolute atomic E-state index is 0.123. The molecule has 1 aromatic rings.